The molecule has 2 aromatic rings. The average molecular weight is 314 g/mol. The molecule has 1 aliphatic heterocycles. The number of carboxylic acid groups (broad SMARTS) is 1. The minimum Gasteiger partial charge on any atom is -0.477 e. The third-order valence-corrected chi connectivity index (χ3v) is 4.54. The Kier molecular flexibility index (Phi) is 4.50. The van der Waals surface area contributed by atoms with Gasteiger partial charge in [-0.3, -0.25) is 4.90 Å². The molecule has 0 aliphatic carbocycles. The molecule has 0 bridgehead atoms. The molecule has 0 spiro atoms. The number of benzene rings is 1. The van der Waals surface area contributed by atoms with Gasteiger partial charge in [0.15, 0.2) is 0 Å². The van der Waals surface area contributed by atoms with E-state index in [1.54, 1.807) is 6.07 Å². The first-order chi connectivity index (χ1) is 11.1. The summed E-state index contributed by atoms with van der Waals surface area (Å²) in [5, 5.41) is 9.08. The molecule has 1 fully saturated rings. The van der Waals surface area contributed by atoms with Crippen molar-refractivity contribution >= 4 is 5.97 Å². The smallest absolute Gasteiger partial charge is 0.352 e. The number of aromatic nitrogens is 1. The number of aromatic amines is 1. The number of rotatable bonds is 4. The van der Waals surface area contributed by atoms with Crippen LogP contribution in [0.15, 0.2) is 30.3 Å². The lowest BCUT2D eigenvalue weighted by atomic mass is 10.0. The van der Waals surface area contributed by atoms with Crippen LogP contribution in [0.3, 0.4) is 0 Å². The summed E-state index contributed by atoms with van der Waals surface area (Å²) in [6.07, 6.45) is 0. The highest BCUT2D eigenvalue weighted by Crippen LogP contribution is 2.28. The van der Waals surface area contributed by atoms with E-state index in [0.29, 0.717) is 6.04 Å². The monoisotopic (exact) mass is 314 g/mol. The molecule has 2 heterocycles. The fraction of sp³-hybridized carbons (Fsp3) is 0.389. The van der Waals surface area contributed by atoms with Gasteiger partial charge in [-0.25, -0.2) is 4.79 Å². The Bertz CT molecular complexity index is 685. The summed E-state index contributed by atoms with van der Waals surface area (Å²) in [6, 6.07) is 10.4. The van der Waals surface area contributed by atoms with Crippen LogP contribution < -0.4 is 0 Å². The van der Waals surface area contributed by atoms with Gasteiger partial charge in [-0.2, -0.15) is 0 Å². The van der Waals surface area contributed by atoms with E-state index in [-0.39, 0.29) is 5.69 Å². The molecule has 1 saturated heterocycles. The van der Waals surface area contributed by atoms with Gasteiger partial charge in [0.2, 0.25) is 0 Å². The van der Waals surface area contributed by atoms with Crippen molar-refractivity contribution in [3.63, 3.8) is 0 Å². The number of carbonyl (C=O) groups is 1. The number of carboxylic acids is 1. The summed E-state index contributed by atoms with van der Waals surface area (Å²) >= 11 is 0. The van der Waals surface area contributed by atoms with Crippen LogP contribution in [0.25, 0.3) is 11.1 Å². The molecule has 5 heteroatoms. The molecule has 122 valence electrons. The Hall–Kier alpha value is -2.11. The van der Waals surface area contributed by atoms with Crippen molar-refractivity contribution in [2.75, 3.05) is 26.3 Å². The van der Waals surface area contributed by atoms with Crippen LogP contribution in [0.4, 0.5) is 0 Å². The zero-order valence-electron chi connectivity index (χ0n) is 13.5. The number of H-pyrrole nitrogens is 1. The van der Waals surface area contributed by atoms with E-state index in [9.17, 15) is 4.79 Å². The predicted molar refractivity (Wildman–Crippen MR) is 88.7 cm³/mol. The summed E-state index contributed by atoms with van der Waals surface area (Å²) in [4.78, 5) is 16.4. The number of hydrogen-bond donors (Lipinski definition) is 2. The number of aromatic carboxylic acids is 1. The van der Waals surface area contributed by atoms with Gasteiger partial charge in [-0.1, -0.05) is 24.3 Å². The normalized spacial score (nSPS) is 17.1. The average Bonchev–Trinajstić information content (AvgIpc) is 2.97. The molecule has 0 unspecified atom stereocenters. The largest absolute Gasteiger partial charge is 0.477 e. The molecule has 1 atom stereocenters. The summed E-state index contributed by atoms with van der Waals surface area (Å²) in [5.41, 5.74) is 4.33. The lowest BCUT2D eigenvalue weighted by molar-refractivity contribution is 0.0198. The maximum Gasteiger partial charge on any atom is 0.352 e. The van der Waals surface area contributed by atoms with E-state index < -0.39 is 5.97 Å². The highest BCUT2D eigenvalue weighted by molar-refractivity contribution is 5.88. The Balaban J connectivity index is 1.80. The standard InChI is InChI=1S/C18H22N2O3/c1-12-16(11-17(19-12)18(21)22)15-5-3-14(4-6-15)13(2)20-7-9-23-10-8-20/h3-6,11,13,19H,7-10H2,1-2H3,(H,21,22)/t13-/m1/s1. The Morgan fingerprint density at radius 1 is 1.26 bits per heavy atom. The highest BCUT2D eigenvalue weighted by atomic mass is 16.5. The van der Waals surface area contributed by atoms with E-state index in [4.69, 9.17) is 9.84 Å². The first kappa shape index (κ1) is 15.8. The van der Waals surface area contributed by atoms with E-state index in [0.717, 1.165) is 43.1 Å². The van der Waals surface area contributed by atoms with Crippen molar-refractivity contribution in [1.82, 2.24) is 9.88 Å². The van der Waals surface area contributed by atoms with E-state index in [2.05, 4.69) is 41.1 Å². The number of ether oxygens (including phenoxy) is 1. The second-order valence-corrected chi connectivity index (χ2v) is 5.97. The number of nitrogens with zero attached hydrogens (tertiary/aromatic N) is 1. The molecule has 3 rings (SSSR count). The SMILES string of the molecule is Cc1[nH]c(C(=O)O)cc1-c1ccc([C@@H](C)N2CCOCC2)cc1. The van der Waals surface area contributed by atoms with E-state index >= 15 is 0 Å². The third kappa shape index (κ3) is 3.30. The van der Waals surface area contributed by atoms with Crippen molar-refractivity contribution in [2.24, 2.45) is 0 Å². The van der Waals surface area contributed by atoms with Crippen LogP contribution in [0.2, 0.25) is 0 Å². The van der Waals surface area contributed by atoms with Gasteiger partial charge in [-0.15, -0.1) is 0 Å². The van der Waals surface area contributed by atoms with Gasteiger partial charge < -0.3 is 14.8 Å². The summed E-state index contributed by atoms with van der Waals surface area (Å²) in [6.45, 7) is 7.62. The molecule has 0 saturated carbocycles. The van der Waals surface area contributed by atoms with Crippen molar-refractivity contribution in [2.45, 2.75) is 19.9 Å². The van der Waals surface area contributed by atoms with E-state index in [1.807, 2.05) is 6.92 Å². The molecule has 1 aromatic carbocycles. The molecule has 0 amide bonds. The van der Waals surface area contributed by atoms with Crippen LogP contribution in [0, 0.1) is 6.92 Å². The number of aryl methyl sites for hydroxylation is 1. The van der Waals surface area contributed by atoms with Gasteiger partial charge >= 0.3 is 5.97 Å². The molecule has 5 nitrogen and oxygen atoms in total. The zero-order chi connectivity index (χ0) is 16.4. The predicted octanol–water partition coefficient (Wildman–Crippen LogP) is 3.08. The van der Waals surface area contributed by atoms with Crippen LogP contribution in [0.1, 0.15) is 34.7 Å². The molecule has 23 heavy (non-hydrogen) atoms. The van der Waals surface area contributed by atoms with Gasteiger partial charge in [0.05, 0.1) is 13.2 Å². The molecule has 1 aromatic heterocycles. The number of morpholine rings is 1. The Morgan fingerprint density at radius 2 is 1.91 bits per heavy atom. The fourth-order valence-corrected chi connectivity index (χ4v) is 3.09. The van der Waals surface area contributed by atoms with Crippen molar-refractivity contribution in [1.29, 1.82) is 0 Å². The minimum atomic E-state index is -0.933. The topological polar surface area (TPSA) is 65.6 Å². The van der Waals surface area contributed by atoms with Crippen molar-refractivity contribution < 1.29 is 14.6 Å². The molecular weight excluding hydrogens is 292 g/mol. The second-order valence-electron chi connectivity index (χ2n) is 5.97. The molecule has 1 aliphatic rings. The Morgan fingerprint density at radius 3 is 2.48 bits per heavy atom. The van der Waals surface area contributed by atoms with E-state index in [1.165, 1.54) is 5.56 Å². The fourth-order valence-electron chi connectivity index (χ4n) is 3.09. The van der Waals surface area contributed by atoms with Gasteiger partial charge in [0, 0.05) is 30.4 Å². The van der Waals surface area contributed by atoms with Gasteiger partial charge in [0.25, 0.3) is 0 Å². The maximum absolute atomic E-state index is 11.1. The van der Waals surface area contributed by atoms with Crippen molar-refractivity contribution in [3.05, 3.63) is 47.3 Å². The quantitative estimate of drug-likeness (QED) is 0.910. The van der Waals surface area contributed by atoms with Gasteiger partial charge in [0.1, 0.15) is 5.69 Å². The molecular formula is C18H22N2O3. The first-order valence-electron chi connectivity index (χ1n) is 7.91. The zero-order valence-corrected chi connectivity index (χ0v) is 13.5. The summed E-state index contributed by atoms with van der Waals surface area (Å²) < 4.78 is 5.40. The Labute approximate surface area is 135 Å². The second kappa shape index (κ2) is 6.56. The maximum atomic E-state index is 11.1. The van der Waals surface area contributed by atoms with Crippen LogP contribution >= 0.6 is 0 Å². The van der Waals surface area contributed by atoms with Crippen molar-refractivity contribution in [3.8, 4) is 11.1 Å². The summed E-state index contributed by atoms with van der Waals surface area (Å²) in [7, 11) is 0. The number of hydrogen-bond acceptors (Lipinski definition) is 3. The third-order valence-electron chi connectivity index (χ3n) is 4.54. The summed E-state index contributed by atoms with van der Waals surface area (Å²) in [5.74, 6) is -0.933. The van der Waals surface area contributed by atoms with Crippen LogP contribution in [-0.2, 0) is 4.74 Å². The van der Waals surface area contributed by atoms with Gasteiger partial charge in [-0.05, 0) is 31.0 Å². The van der Waals surface area contributed by atoms with Crippen LogP contribution in [0.5, 0.6) is 0 Å². The molecule has 0 radical (unpaired) electrons. The number of nitrogens with one attached hydrogen (secondary N) is 1. The highest BCUT2D eigenvalue weighted by Gasteiger charge is 2.18. The first-order valence-corrected chi connectivity index (χ1v) is 7.91. The lowest BCUT2D eigenvalue weighted by Crippen LogP contribution is -2.37. The molecule has 2 N–H and O–H groups in total. The van der Waals surface area contributed by atoms with Crippen LogP contribution in [-0.4, -0.2) is 47.3 Å². The minimum absolute atomic E-state index is 0.225. The lowest BCUT2D eigenvalue weighted by Gasteiger charge is -2.32.